The number of nitrogens with two attached hydrogens (primary N) is 1. The quantitative estimate of drug-likeness (QED) is 0.898. The number of hydrogen-bond donors (Lipinski definition) is 1. The van der Waals surface area contributed by atoms with Crippen LogP contribution in [-0.2, 0) is 6.42 Å². The minimum Gasteiger partial charge on any atom is -0.339 e. The van der Waals surface area contributed by atoms with Crippen molar-refractivity contribution >= 4 is 0 Å². The van der Waals surface area contributed by atoms with E-state index in [4.69, 9.17) is 10.3 Å². The molecule has 2 N–H and O–H groups in total. The monoisotopic (exact) mass is 245 g/mol. The van der Waals surface area contributed by atoms with E-state index in [9.17, 15) is 0 Å². The maximum atomic E-state index is 5.82. The van der Waals surface area contributed by atoms with Crippen LogP contribution in [0.2, 0.25) is 0 Å². The van der Waals surface area contributed by atoms with E-state index in [0.717, 1.165) is 0 Å². The standard InChI is InChI=1S/C14H19N3O/c1-9-5-4-6-12(7-9)8-13-16-14(18-17-13)10(2)11(3)15/h4-7,10-11H,8,15H2,1-3H3. The van der Waals surface area contributed by atoms with Gasteiger partial charge in [0.1, 0.15) is 0 Å². The van der Waals surface area contributed by atoms with Crippen molar-refractivity contribution in [1.82, 2.24) is 10.1 Å². The number of aryl methyl sites for hydroxylation is 1. The Hall–Kier alpha value is -1.68. The fraction of sp³-hybridized carbons (Fsp3) is 0.429. The lowest BCUT2D eigenvalue weighted by Crippen LogP contribution is -2.22. The molecule has 1 heterocycles. The number of aromatic nitrogens is 2. The van der Waals surface area contributed by atoms with Gasteiger partial charge in [0, 0.05) is 12.5 Å². The van der Waals surface area contributed by atoms with E-state index in [1.807, 2.05) is 19.9 Å². The third-order valence-electron chi connectivity index (χ3n) is 3.11. The second-order valence-corrected chi connectivity index (χ2v) is 4.86. The largest absolute Gasteiger partial charge is 0.339 e. The van der Waals surface area contributed by atoms with Crippen LogP contribution in [0.25, 0.3) is 0 Å². The molecule has 0 bridgehead atoms. The lowest BCUT2D eigenvalue weighted by atomic mass is 10.1. The van der Waals surface area contributed by atoms with Crippen molar-refractivity contribution in [2.24, 2.45) is 5.73 Å². The predicted octanol–water partition coefficient (Wildman–Crippen LogP) is 2.42. The fourth-order valence-corrected chi connectivity index (χ4v) is 1.75. The minimum absolute atomic E-state index is 0.0114. The Kier molecular flexibility index (Phi) is 3.77. The van der Waals surface area contributed by atoms with Gasteiger partial charge in [-0.05, 0) is 19.4 Å². The summed E-state index contributed by atoms with van der Waals surface area (Å²) in [5.74, 6) is 1.42. The van der Waals surface area contributed by atoms with Gasteiger partial charge >= 0.3 is 0 Å². The van der Waals surface area contributed by atoms with E-state index in [1.165, 1.54) is 11.1 Å². The molecular weight excluding hydrogens is 226 g/mol. The van der Waals surface area contributed by atoms with E-state index in [1.54, 1.807) is 0 Å². The molecule has 2 atom stereocenters. The summed E-state index contributed by atoms with van der Waals surface area (Å²) in [7, 11) is 0. The normalized spacial score (nSPS) is 14.4. The van der Waals surface area contributed by atoms with E-state index in [2.05, 4.69) is 35.3 Å². The number of hydrogen-bond acceptors (Lipinski definition) is 4. The molecule has 0 amide bonds. The molecule has 0 aliphatic rings. The summed E-state index contributed by atoms with van der Waals surface area (Å²) < 4.78 is 5.25. The number of nitrogens with zero attached hydrogens (tertiary/aromatic N) is 2. The first-order chi connectivity index (χ1) is 8.56. The van der Waals surface area contributed by atoms with Crippen molar-refractivity contribution in [3.63, 3.8) is 0 Å². The molecule has 0 radical (unpaired) electrons. The lowest BCUT2D eigenvalue weighted by Gasteiger charge is -2.09. The highest BCUT2D eigenvalue weighted by atomic mass is 16.5. The highest BCUT2D eigenvalue weighted by molar-refractivity contribution is 5.24. The van der Waals surface area contributed by atoms with E-state index >= 15 is 0 Å². The molecule has 0 fully saturated rings. The Labute approximate surface area is 107 Å². The highest BCUT2D eigenvalue weighted by Gasteiger charge is 2.17. The molecule has 1 aromatic heterocycles. The molecule has 1 aromatic carbocycles. The third-order valence-corrected chi connectivity index (χ3v) is 3.11. The summed E-state index contributed by atoms with van der Waals surface area (Å²) >= 11 is 0. The van der Waals surface area contributed by atoms with E-state index in [0.29, 0.717) is 18.1 Å². The molecule has 0 aliphatic carbocycles. The first kappa shape index (κ1) is 12.8. The second-order valence-electron chi connectivity index (χ2n) is 4.86. The fourth-order valence-electron chi connectivity index (χ4n) is 1.75. The Balaban J connectivity index is 2.11. The smallest absolute Gasteiger partial charge is 0.231 e. The van der Waals surface area contributed by atoms with Crippen LogP contribution in [0.15, 0.2) is 28.8 Å². The zero-order valence-corrected chi connectivity index (χ0v) is 11.1. The van der Waals surface area contributed by atoms with Crippen molar-refractivity contribution in [3.8, 4) is 0 Å². The van der Waals surface area contributed by atoms with Gasteiger partial charge in [-0.3, -0.25) is 0 Å². The van der Waals surface area contributed by atoms with Crippen molar-refractivity contribution < 1.29 is 4.52 Å². The van der Waals surface area contributed by atoms with Gasteiger partial charge in [0.15, 0.2) is 5.82 Å². The SMILES string of the molecule is Cc1cccc(Cc2noc(C(C)C(C)N)n2)c1. The van der Waals surface area contributed by atoms with Crippen LogP contribution in [0, 0.1) is 6.92 Å². The predicted molar refractivity (Wildman–Crippen MR) is 70.3 cm³/mol. The summed E-state index contributed by atoms with van der Waals surface area (Å²) in [6.45, 7) is 6.01. The first-order valence-electron chi connectivity index (χ1n) is 6.20. The molecule has 4 heteroatoms. The van der Waals surface area contributed by atoms with Crippen molar-refractivity contribution in [2.45, 2.75) is 39.2 Å². The molecule has 0 saturated heterocycles. The average Bonchev–Trinajstić information content (AvgIpc) is 2.76. The van der Waals surface area contributed by atoms with Crippen LogP contribution in [0.1, 0.15) is 42.6 Å². The Morgan fingerprint density at radius 3 is 2.78 bits per heavy atom. The Bertz CT molecular complexity index is 519. The molecule has 0 spiro atoms. The van der Waals surface area contributed by atoms with Crippen LogP contribution in [-0.4, -0.2) is 16.2 Å². The van der Waals surface area contributed by atoms with E-state index < -0.39 is 0 Å². The van der Waals surface area contributed by atoms with Crippen LogP contribution in [0.3, 0.4) is 0 Å². The lowest BCUT2D eigenvalue weighted by molar-refractivity contribution is 0.343. The minimum atomic E-state index is 0.0114. The molecule has 96 valence electrons. The Morgan fingerprint density at radius 1 is 1.33 bits per heavy atom. The van der Waals surface area contributed by atoms with Gasteiger partial charge in [0.2, 0.25) is 5.89 Å². The highest BCUT2D eigenvalue weighted by Crippen LogP contribution is 2.17. The van der Waals surface area contributed by atoms with Gasteiger partial charge in [-0.25, -0.2) is 0 Å². The molecule has 2 rings (SSSR count). The van der Waals surface area contributed by atoms with Crippen LogP contribution >= 0.6 is 0 Å². The summed E-state index contributed by atoms with van der Waals surface area (Å²) in [6, 6.07) is 8.32. The van der Waals surface area contributed by atoms with Crippen molar-refractivity contribution in [3.05, 3.63) is 47.1 Å². The zero-order chi connectivity index (χ0) is 13.1. The maximum absolute atomic E-state index is 5.82. The average molecular weight is 245 g/mol. The van der Waals surface area contributed by atoms with Gasteiger partial charge in [0.25, 0.3) is 0 Å². The molecule has 2 aromatic rings. The first-order valence-corrected chi connectivity index (χ1v) is 6.20. The maximum Gasteiger partial charge on any atom is 0.231 e. The molecule has 2 unspecified atom stereocenters. The van der Waals surface area contributed by atoms with Crippen molar-refractivity contribution in [1.29, 1.82) is 0 Å². The summed E-state index contributed by atoms with van der Waals surface area (Å²) in [6.07, 6.45) is 0.691. The van der Waals surface area contributed by atoms with Crippen LogP contribution in [0.5, 0.6) is 0 Å². The second kappa shape index (κ2) is 5.31. The molecule has 4 nitrogen and oxygen atoms in total. The summed E-state index contributed by atoms with van der Waals surface area (Å²) in [5, 5.41) is 4.00. The molecule has 0 saturated carbocycles. The van der Waals surface area contributed by atoms with Crippen LogP contribution < -0.4 is 5.73 Å². The topological polar surface area (TPSA) is 64.9 Å². The van der Waals surface area contributed by atoms with E-state index in [-0.39, 0.29) is 12.0 Å². The zero-order valence-electron chi connectivity index (χ0n) is 11.1. The number of rotatable bonds is 4. The summed E-state index contributed by atoms with van der Waals surface area (Å²) in [4.78, 5) is 4.40. The molecule has 18 heavy (non-hydrogen) atoms. The van der Waals surface area contributed by atoms with Crippen molar-refractivity contribution in [2.75, 3.05) is 0 Å². The molecule has 0 aliphatic heterocycles. The van der Waals surface area contributed by atoms with Gasteiger partial charge in [-0.2, -0.15) is 4.98 Å². The van der Waals surface area contributed by atoms with Gasteiger partial charge < -0.3 is 10.3 Å². The van der Waals surface area contributed by atoms with Gasteiger partial charge in [0.05, 0.1) is 5.92 Å². The number of benzene rings is 1. The summed E-state index contributed by atoms with van der Waals surface area (Å²) in [5.41, 5.74) is 8.25. The van der Waals surface area contributed by atoms with Gasteiger partial charge in [-0.1, -0.05) is 41.9 Å². The van der Waals surface area contributed by atoms with Gasteiger partial charge in [-0.15, -0.1) is 0 Å². The Morgan fingerprint density at radius 2 is 2.11 bits per heavy atom. The van der Waals surface area contributed by atoms with Crippen LogP contribution in [0.4, 0.5) is 0 Å². The third kappa shape index (κ3) is 2.96. The molecular formula is C14H19N3O.